The molecule has 0 radical (unpaired) electrons. The van der Waals surface area contributed by atoms with Crippen LogP contribution in [-0.2, 0) is 0 Å². The van der Waals surface area contributed by atoms with Gasteiger partial charge in [-0.15, -0.1) is 0 Å². The predicted molar refractivity (Wildman–Crippen MR) is 261 cm³/mol. The van der Waals surface area contributed by atoms with Crippen molar-refractivity contribution >= 4 is 51.7 Å². The lowest BCUT2D eigenvalue weighted by Gasteiger charge is -2.10. The van der Waals surface area contributed by atoms with Gasteiger partial charge in [0.25, 0.3) is 0 Å². The van der Waals surface area contributed by atoms with E-state index in [1.165, 1.54) is 96.0 Å². The van der Waals surface area contributed by atoms with Crippen LogP contribution in [0, 0.1) is 0 Å². The summed E-state index contributed by atoms with van der Waals surface area (Å²) < 4.78 is 23.7. The Bertz CT molecular complexity index is 2150. The second-order valence-corrected chi connectivity index (χ2v) is 16.6. The lowest BCUT2D eigenvalue weighted by atomic mass is 10.1. The van der Waals surface area contributed by atoms with Gasteiger partial charge in [-0.1, -0.05) is 128 Å². The molecule has 9 heteroatoms. The molecule has 5 aromatic rings. The molecule has 0 aromatic heterocycles. The molecule has 0 amide bonds. The number of aliphatic imine (C=N–C) groups is 2. The number of unbranched alkanes of at least 4 members (excludes halogenated alkanes) is 14. The van der Waals surface area contributed by atoms with E-state index in [9.17, 15) is 9.59 Å². The third-order valence-corrected chi connectivity index (χ3v) is 11.2. The molecule has 0 fully saturated rings. The van der Waals surface area contributed by atoms with Crippen molar-refractivity contribution in [1.82, 2.24) is 0 Å². The third-order valence-electron chi connectivity index (χ3n) is 10.5. The van der Waals surface area contributed by atoms with E-state index < -0.39 is 11.9 Å². The van der Waals surface area contributed by atoms with E-state index in [2.05, 4.69) is 39.8 Å². The number of hydrogen-bond donors (Lipinski definition) is 0. The molecule has 332 valence electrons. The van der Waals surface area contributed by atoms with Gasteiger partial charge in [0.1, 0.15) is 23.0 Å². The molecule has 0 aliphatic carbocycles. The Kier molecular flexibility index (Phi) is 21.7. The first-order valence-electron chi connectivity index (χ1n) is 22.9. The molecule has 0 saturated carbocycles. The molecule has 0 aliphatic rings. The zero-order valence-electron chi connectivity index (χ0n) is 37.1. The van der Waals surface area contributed by atoms with Gasteiger partial charge < -0.3 is 18.9 Å². The largest absolute Gasteiger partial charge is 0.494 e. The minimum absolute atomic E-state index is 0.218. The summed E-state index contributed by atoms with van der Waals surface area (Å²) in [5.74, 6) is 1.04. The molecule has 8 nitrogen and oxygen atoms in total. The second-order valence-electron chi connectivity index (χ2n) is 15.8. The Morgan fingerprint density at radius 2 is 0.841 bits per heavy atom. The van der Waals surface area contributed by atoms with Crippen molar-refractivity contribution in [1.29, 1.82) is 0 Å². The number of benzene rings is 5. The third kappa shape index (κ3) is 18.4. The summed E-state index contributed by atoms with van der Waals surface area (Å²) in [5, 5.41) is 0. The maximum atomic E-state index is 13.1. The maximum Gasteiger partial charge on any atom is 0.343 e. The van der Waals surface area contributed by atoms with Crippen molar-refractivity contribution in [2.75, 3.05) is 13.2 Å². The smallest absolute Gasteiger partial charge is 0.343 e. The minimum Gasteiger partial charge on any atom is -0.494 e. The van der Waals surface area contributed by atoms with E-state index in [0.717, 1.165) is 60.1 Å². The van der Waals surface area contributed by atoms with E-state index in [1.54, 1.807) is 73.1 Å². The number of esters is 2. The predicted octanol–water partition coefficient (Wildman–Crippen LogP) is 15.4. The molecule has 0 aliphatic heterocycles. The summed E-state index contributed by atoms with van der Waals surface area (Å²) in [6, 6.07) is 34.2. The van der Waals surface area contributed by atoms with E-state index >= 15 is 0 Å². The van der Waals surface area contributed by atoms with Crippen LogP contribution in [0.4, 0.5) is 11.4 Å². The first-order chi connectivity index (χ1) is 30.9. The topological polar surface area (TPSA) is 95.8 Å². The Labute approximate surface area is 383 Å². The van der Waals surface area contributed by atoms with Crippen LogP contribution in [0.1, 0.15) is 148 Å². The molecular weight excluding hydrogens is 853 g/mol. The summed E-state index contributed by atoms with van der Waals surface area (Å²) in [4.78, 5) is 35.3. The first-order valence-corrected chi connectivity index (χ1v) is 23.7. The van der Waals surface area contributed by atoms with Crippen LogP contribution in [0.15, 0.2) is 130 Å². The number of nitrogens with zero attached hydrogens (tertiary/aromatic N) is 2. The summed E-state index contributed by atoms with van der Waals surface area (Å²) in [7, 11) is 0. The normalized spacial score (nSPS) is 11.3. The van der Waals surface area contributed by atoms with E-state index in [0.29, 0.717) is 15.6 Å². The van der Waals surface area contributed by atoms with E-state index in [-0.39, 0.29) is 11.5 Å². The molecule has 0 saturated heterocycles. The second kappa shape index (κ2) is 28.2. The first kappa shape index (κ1) is 48.5. The minimum atomic E-state index is -0.555. The van der Waals surface area contributed by atoms with Crippen LogP contribution in [0.5, 0.6) is 23.0 Å². The van der Waals surface area contributed by atoms with Gasteiger partial charge in [-0.3, -0.25) is 9.98 Å². The van der Waals surface area contributed by atoms with Gasteiger partial charge in [0.15, 0.2) is 0 Å². The van der Waals surface area contributed by atoms with Crippen LogP contribution in [0.25, 0.3) is 0 Å². The summed E-state index contributed by atoms with van der Waals surface area (Å²) >= 11 is 3.44. The molecular formula is C54H63BrN2O6. The number of carbonyl (C=O) groups excluding carboxylic acids is 2. The van der Waals surface area contributed by atoms with Gasteiger partial charge in [0.05, 0.1) is 40.2 Å². The molecule has 5 rings (SSSR count). The fourth-order valence-corrected chi connectivity index (χ4v) is 7.10. The molecule has 0 N–H and O–H groups in total. The molecule has 0 atom stereocenters. The monoisotopic (exact) mass is 914 g/mol. The van der Waals surface area contributed by atoms with Gasteiger partial charge in [-0.2, -0.15) is 0 Å². The maximum absolute atomic E-state index is 13.1. The highest BCUT2D eigenvalue weighted by atomic mass is 79.9. The quantitative estimate of drug-likeness (QED) is 0.0215. The van der Waals surface area contributed by atoms with Gasteiger partial charge in [0, 0.05) is 18.5 Å². The molecule has 0 bridgehead atoms. The lowest BCUT2D eigenvalue weighted by molar-refractivity contribution is 0.0732. The Morgan fingerprint density at radius 1 is 0.460 bits per heavy atom. The van der Waals surface area contributed by atoms with Crippen LogP contribution in [0.2, 0.25) is 0 Å². The Balaban J connectivity index is 1.02. The van der Waals surface area contributed by atoms with Crippen molar-refractivity contribution in [3.63, 3.8) is 0 Å². The molecule has 0 unspecified atom stereocenters. The number of halogens is 1. The van der Waals surface area contributed by atoms with Crippen LogP contribution in [0.3, 0.4) is 0 Å². The molecule has 0 spiro atoms. The zero-order chi connectivity index (χ0) is 44.3. The van der Waals surface area contributed by atoms with Crippen molar-refractivity contribution in [3.05, 3.63) is 142 Å². The summed E-state index contributed by atoms with van der Waals surface area (Å²) in [5.41, 5.74) is 4.00. The van der Waals surface area contributed by atoms with Gasteiger partial charge in [-0.05, 0) is 125 Å². The van der Waals surface area contributed by atoms with E-state index in [4.69, 9.17) is 18.9 Å². The Morgan fingerprint density at radius 3 is 1.27 bits per heavy atom. The van der Waals surface area contributed by atoms with Crippen LogP contribution < -0.4 is 18.9 Å². The lowest BCUT2D eigenvalue weighted by Crippen LogP contribution is -2.10. The zero-order valence-corrected chi connectivity index (χ0v) is 38.7. The van der Waals surface area contributed by atoms with Crippen LogP contribution >= 0.6 is 15.9 Å². The highest BCUT2D eigenvalue weighted by Gasteiger charge is 2.15. The Hall–Kier alpha value is -5.54. The molecule has 5 aromatic carbocycles. The van der Waals surface area contributed by atoms with Crippen molar-refractivity contribution in [2.45, 2.75) is 117 Å². The summed E-state index contributed by atoms with van der Waals surface area (Å²) in [6.45, 7) is 5.94. The molecule has 63 heavy (non-hydrogen) atoms. The average Bonchev–Trinajstić information content (AvgIpc) is 3.31. The fourth-order valence-electron chi connectivity index (χ4n) is 6.77. The van der Waals surface area contributed by atoms with Gasteiger partial charge >= 0.3 is 11.9 Å². The average molecular weight is 916 g/mol. The van der Waals surface area contributed by atoms with Crippen molar-refractivity contribution < 1.29 is 28.5 Å². The highest BCUT2D eigenvalue weighted by molar-refractivity contribution is 9.10. The van der Waals surface area contributed by atoms with Gasteiger partial charge in [0.2, 0.25) is 0 Å². The standard InChI is InChI=1S/C54H63BrN2O6/c1-3-5-7-9-11-13-15-17-37-60-48-31-27-46(28-32-48)56-40-42-19-23-44(24-20-42)53(58)62-50-35-36-51(55)52(39-50)63-54(59)45-25-21-43(22-26-45)41-57-47-29-33-49(34-30-47)61-38-18-16-14-12-10-8-6-4-2/h19-36,39-41H,3-18,37-38H2,1-2H3. The van der Waals surface area contributed by atoms with Crippen molar-refractivity contribution in [3.8, 4) is 23.0 Å². The fraction of sp³-hybridized carbons (Fsp3) is 0.370. The molecule has 0 heterocycles. The number of carbonyl (C=O) groups is 2. The number of ether oxygens (including phenoxy) is 4. The highest BCUT2D eigenvalue weighted by Crippen LogP contribution is 2.31. The van der Waals surface area contributed by atoms with Crippen LogP contribution in [-0.4, -0.2) is 37.6 Å². The van der Waals surface area contributed by atoms with Gasteiger partial charge in [-0.25, -0.2) is 9.59 Å². The number of hydrogen-bond acceptors (Lipinski definition) is 8. The summed E-state index contributed by atoms with van der Waals surface area (Å²) in [6.07, 6.45) is 23.8. The number of rotatable bonds is 28. The van der Waals surface area contributed by atoms with Crippen molar-refractivity contribution in [2.24, 2.45) is 9.98 Å². The SMILES string of the molecule is CCCCCCCCCCOc1ccc(N=Cc2ccc(C(=O)Oc3ccc(Br)c(OC(=O)c4ccc(C=Nc5ccc(OCCCCCCCCCC)cc5)cc4)c3)cc2)cc1. The van der Waals surface area contributed by atoms with E-state index in [1.807, 2.05) is 48.5 Å².